The highest BCUT2D eigenvalue weighted by Gasteiger charge is 2.30. The topological polar surface area (TPSA) is 42.0 Å². The van der Waals surface area contributed by atoms with Crippen LogP contribution < -0.4 is 5.32 Å². The Kier molecular flexibility index (Phi) is 4.71. The van der Waals surface area contributed by atoms with Gasteiger partial charge in [0.1, 0.15) is 0 Å². The number of pyridine rings is 1. The summed E-state index contributed by atoms with van der Waals surface area (Å²) in [6.07, 6.45) is -2.18. The number of anilines is 1. The van der Waals surface area contributed by atoms with Crippen LogP contribution in [0.3, 0.4) is 0 Å². The number of nitrogens with one attached hydrogen (secondary N) is 1. The lowest BCUT2D eigenvalue weighted by atomic mass is 10.0. The second-order valence-electron chi connectivity index (χ2n) is 5.47. The Balaban J connectivity index is 1.79. The van der Waals surface area contributed by atoms with Crippen LogP contribution in [0.15, 0.2) is 67.0 Å². The van der Waals surface area contributed by atoms with E-state index >= 15 is 0 Å². The van der Waals surface area contributed by atoms with Gasteiger partial charge in [0.2, 0.25) is 0 Å². The second kappa shape index (κ2) is 6.95. The van der Waals surface area contributed by atoms with Crippen LogP contribution in [0.4, 0.5) is 23.2 Å². The zero-order chi connectivity index (χ0) is 18.7. The lowest BCUT2D eigenvalue weighted by Gasteiger charge is -2.10. The summed E-state index contributed by atoms with van der Waals surface area (Å²) in [5.41, 5.74) is 0.464. The summed E-state index contributed by atoms with van der Waals surface area (Å²) in [6.45, 7) is 0. The minimum Gasteiger partial charge on any atom is -0.322 e. The molecule has 132 valence electrons. The zero-order valence-corrected chi connectivity index (χ0v) is 13.2. The first-order valence-corrected chi connectivity index (χ1v) is 7.53. The molecule has 3 nitrogen and oxygen atoms in total. The highest BCUT2D eigenvalue weighted by Crippen LogP contribution is 2.32. The van der Waals surface area contributed by atoms with Gasteiger partial charge in [-0.1, -0.05) is 24.3 Å². The number of nitrogens with zero attached hydrogens (tertiary/aromatic N) is 1. The number of rotatable bonds is 3. The van der Waals surface area contributed by atoms with Crippen molar-refractivity contribution in [3.8, 4) is 11.1 Å². The molecule has 0 bridgehead atoms. The molecule has 1 heterocycles. The van der Waals surface area contributed by atoms with E-state index in [2.05, 4.69) is 10.3 Å². The van der Waals surface area contributed by atoms with Crippen LogP contribution in [0.5, 0.6) is 0 Å². The Bertz CT molecular complexity index is 937. The van der Waals surface area contributed by atoms with Gasteiger partial charge in [-0.2, -0.15) is 13.2 Å². The van der Waals surface area contributed by atoms with Crippen LogP contribution in [0.1, 0.15) is 15.9 Å². The van der Waals surface area contributed by atoms with Gasteiger partial charge in [0.05, 0.1) is 17.3 Å². The third kappa shape index (κ3) is 3.88. The van der Waals surface area contributed by atoms with E-state index in [1.165, 1.54) is 30.5 Å². The van der Waals surface area contributed by atoms with Gasteiger partial charge in [-0.05, 0) is 41.5 Å². The van der Waals surface area contributed by atoms with Crippen molar-refractivity contribution in [2.45, 2.75) is 6.18 Å². The van der Waals surface area contributed by atoms with Crippen molar-refractivity contribution in [3.05, 3.63) is 83.9 Å². The largest absolute Gasteiger partial charge is 0.416 e. The molecule has 2 aromatic carbocycles. The number of carbonyl (C=O) groups is 1. The molecule has 0 saturated heterocycles. The van der Waals surface area contributed by atoms with Gasteiger partial charge >= 0.3 is 6.18 Å². The monoisotopic (exact) mass is 360 g/mol. The number of alkyl halides is 3. The first-order chi connectivity index (χ1) is 12.3. The van der Waals surface area contributed by atoms with Crippen LogP contribution in [-0.4, -0.2) is 10.9 Å². The van der Waals surface area contributed by atoms with Crippen LogP contribution in [0, 0.1) is 5.82 Å². The Morgan fingerprint density at radius 3 is 2.35 bits per heavy atom. The van der Waals surface area contributed by atoms with Crippen molar-refractivity contribution < 1.29 is 22.4 Å². The normalized spacial score (nSPS) is 11.2. The molecule has 3 rings (SSSR count). The molecule has 0 aliphatic heterocycles. The molecule has 0 radical (unpaired) electrons. The first-order valence-electron chi connectivity index (χ1n) is 7.53. The number of carbonyl (C=O) groups excluding carboxylic acids is 1. The van der Waals surface area contributed by atoms with Crippen LogP contribution in [0.25, 0.3) is 11.1 Å². The molecule has 0 atom stereocenters. The highest BCUT2D eigenvalue weighted by atomic mass is 19.4. The highest BCUT2D eigenvalue weighted by molar-refractivity contribution is 6.04. The Morgan fingerprint density at radius 1 is 0.962 bits per heavy atom. The Morgan fingerprint density at radius 2 is 1.69 bits per heavy atom. The number of hydrogen-bond acceptors (Lipinski definition) is 2. The summed E-state index contributed by atoms with van der Waals surface area (Å²) in [4.78, 5) is 15.6. The summed E-state index contributed by atoms with van der Waals surface area (Å²) in [6, 6.07) is 12.4. The molecule has 0 aliphatic rings. The minimum atomic E-state index is -4.42. The van der Waals surface area contributed by atoms with E-state index in [1.54, 1.807) is 18.2 Å². The SMILES string of the molecule is O=C(Nc1ccc(-c2cccc(C(F)(F)F)c2)cc1)c1ccncc1F. The average Bonchev–Trinajstić information content (AvgIpc) is 2.62. The van der Waals surface area contributed by atoms with E-state index in [4.69, 9.17) is 0 Å². The second-order valence-corrected chi connectivity index (χ2v) is 5.47. The number of amides is 1. The molecule has 7 heteroatoms. The maximum absolute atomic E-state index is 13.5. The summed E-state index contributed by atoms with van der Waals surface area (Å²) in [5.74, 6) is -1.39. The fraction of sp³-hybridized carbons (Fsp3) is 0.0526. The smallest absolute Gasteiger partial charge is 0.322 e. The van der Waals surface area contributed by atoms with Crippen LogP contribution in [-0.2, 0) is 6.18 Å². The fourth-order valence-electron chi connectivity index (χ4n) is 2.38. The summed E-state index contributed by atoms with van der Waals surface area (Å²) in [5, 5.41) is 2.53. The average molecular weight is 360 g/mol. The number of hydrogen-bond donors (Lipinski definition) is 1. The van der Waals surface area contributed by atoms with E-state index in [-0.39, 0.29) is 5.56 Å². The molecule has 26 heavy (non-hydrogen) atoms. The molecular formula is C19H12F4N2O. The van der Waals surface area contributed by atoms with E-state index in [1.807, 2.05) is 0 Å². The van der Waals surface area contributed by atoms with Gasteiger partial charge in [-0.15, -0.1) is 0 Å². The third-order valence-corrected chi connectivity index (χ3v) is 3.68. The Labute approximate surface area is 146 Å². The summed E-state index contributed by atoms with van der Waals surface area (Å²) >= 11 is 0. The van der Waals surface area contributed by atoms with E-state index < -0.39 is 23.5 Å². The molecule has 3 aromatic rings. The van der Waals surface area contributed by atoms with Gasteiger partial charge in [-0.25, -0.2) is 4.39 Å². The van der Waals surface area contributed by atoms with Crippen LogP contribution >= 0.6 is 0 Å². The standard InChI is InChI=1S/C19H12F4N2O/c20-17-11-24-9-8-16(17)18(26)25-15-6-4-12(5-7-15)13-2-1-3-14(10-13)19(21,22)23/h1-11H,(H,25,26). The van der Waals surface area contributed by atoms with Crippen molar-refractivity contribution in [1.82, 2.24) is 4.98 Å². The number of halogens is 4. The molecule has 1 amide bonds. The van der Waals surface area contributed by atoms with Crippen molar-refractivity contribution >= 4 is 11.6 Å². The quantitative estimate of drug-likeness (QED) is 0.656. The third-order valence-electron chi connectivity index (χ3n) is 3.68. The molecule has 1 N–H and O–H groups in total. The van der Waals surface area contributed by atoms with Gasteiger partial charge in [0, 0.05) is 11.9 Å². The van der Waals surface area contributed by atoms with Gasteiger partial charge in [0.15, 0.2) is 5.82 Å². The summed E-state index contributed by atoms with van der Waals surface area (Å²) in [7, 11) is 0. The fourth-order valence-corrected chi connectivity index (χ4v) is 2.38. The predicted octanol–water partition coefficient (Wildman–Crippen LogP) is 5.16. The van der Waals surface area contributed by atoms with E-state index in [0.717, 1.165) is 18.3 Å². The summed E-state index contributed by atoms with van der Waals surface area (Å²) < 4.78 is 52.0. The molecule has 0 spiro atoms. The number of aromatic nitrogens is 1. The van der Waals surface area contributed by atoms with Gasteiger partial charge in [-0.3, -0.25) is 9.78 Å². The van der Waals surface area contributed by atoms with E-state index in [9.17, 15) is 22.4 Å². The molecule has 0 fully saturated rings. The Hall–Kier alpha value is -3.22. The number of benzene rings is 2. The lowest BCUT2D eigenvalue weighted by Crippen LogP contribution is -2.13. The van der Waals surface area contributed by atoms with Gasteiger partial charge in [0.25, 0.3) is 5.91 Å². The zero-order valence-electron chi connectivity index (χ0n) is 13.2. The molecular weight excluding hydrogens is 348 g/mol. The lowest BCUT2D eigenvalue weighted by molar-refractivity contribution is -0.137. The van der Waals surface area contributed by atoms with Crippen molar-refractivity contribution in [1.29, 1.82) is 0 Å². The predicted molar refractivity (Wildman–Crippen MR) is 89.0 cm³/mol. The first kappa shape index (κ1) is 17.6. The van der Waals surface area contributed by atoms with Crippen molar-refractivity contribution in [3.63, 3.8) is 0 Å². The maximum Gasteiger partial charge on any atom is 0.416 e. The molecule has 0 unspecified atom stereocenters. The van der Waals surface area contributed by atoms with Crippen molar-refractivity contribution in [2.24, 2.45) is 0 Å². The van der Waals surface area contributed by atoms with Crippen LogP contribution in [0.2, 0.25) is 0 Å². The minimum absolute atomic E-state index is 0.151. The molecule has 0 saturated carbocycles. The molecule has 1 aromatic heterocycles. The maximum atomic E-state index is 13.5. The van der Waals surface area contributed by atoms with E-state index in [0.29, 0.717) is 16.8 Å². The molecule has 0 aliphatic carbocycles. The van der Waals surface area contributed by atoms with Crippen molar-refractivity contribution in [2.75, 3.05) is 5.32 Å². The van der Waals surface area contributed by atoms with Gasteiger partial charge < -0.3 is 5.32 Å².